The molecule has 0 unspecified atom stereocenters. The summed E-state index contributed by atoms with van der Waals surface area (Å²) in [7, 11) is 1.67. The molecule has 0 saturated carbocycles. The van der Waals surface area contributed by atoms with E-state index in [0.29, 0.717) is 12.2 Å². The minimum atomic E-state index is -0.725. The first-order valence-electron chi connectivity index (χ1n) is 9.86. The minimum absolute atomic E-state index is 0.121. The molecule has 0 bridgehead atoms. The summed E-state index contributed by atoms with van der Waals surface area (Å²) in [5.41, 5.74) is 2.88. The number of esters is 1. The first-order valence-corrected chi connectivity index (χ1v) is 9.86. The van der Waals surface area contributed by atoms with Gasteiger partial charge in [0.25, 0.3) is 11.8 Å². The standard InChI is InChI=1S/C25H24N2O4/c1-18-10-6-9-15-22(18)26-23(28)17-31-25(30)21-14-8-7-13-20(21)24(29)27(2)16-19-11-4-3-5-12-19/h3-15H,16-17H2,1-2H3,(H,26,28). The summed E-state index contributed by atoms with van der Waals surface area (Å²) in [4.78, 5) is 39.2. The van der Waals surface area contributed by atoms with Gasteiger partial charge in [-0.05, 0) is 36.2 Å². The third-order valence-electron chi connectivity index (χ3n) is 4.74. The van der Waals surface area contributed by atoms with E-state index in [4.69, 9.17) is 4.74 Å². The van der Waals surface area contributed by atoms with E-state index in [1.807, 2.05) is 55.5 Å². The van der Waals surface area contributed by atoms with Crippen molar-refractivity contribution in [2.75, 3.05) is 19.0 Å². The Balaban J connectivity index is 1.65. The normalized spacial score (nSPS) is 10.3. The average Bonchev–Trinajstić information content (AvgIpc) is 2.79. The minimum Gasteiger partial charge on any atom is -0.452 e. The number of hydrogen-bond acceptors (Lipinski definition) is 4. The van der Waals surface area contributed by atoms with Gasteiger partial charge in [0.2, 0.25) is 0 Å². The zero-order valence-corrected chi connectivity index (χ0v) is 17.5. The van der Waals surface area contributed by atoms with Gasteiger partial charge in [-0.15, -0.1) is 0 Å². The molecule has 3 rings (SSSR count). The van der Waals surface area contributed by atoms with Gasteiger partial charge in [-0.2, -0.15) is 0 Å². The first-order chi connectivity index (χ1) is 15.0. The number of para-hydroxylation sites is 1. The molecular formula is C25H24N2O4. The number of hydrogen-bond donors (Lipinski definition) is 1. The van der Waals surface area contributed by atoms with Crippen LogP contribution in [-0.2, 0) is 16.1 Å². The molecule has 2 amide bonds. The Bertz CT molecular complexity index is 1080. The third-order valence-corrected chi connectivity index (χ3v) is 4.74. The molecule has 6 nitrogen and oxygen atoms in total. The monoisotopic (exact) mass is 416 g/mol. The predicted octanol–water partition coefficient (Wildman–Crippen LogP) is 4.06. The number of rotatable bonds is 7. The van der Waals surface area contributed by atoms with E-state index in [2.05, 4.69) is 5.32 Å². The molecule has 0 aliphatic heterocycles. The number of aryl methyl sites for hydroxylation is 1. The molecule has 0 atom stereocenters. The number of nitrogens with one attached hydrogen (secondary N) is 1. The second-order valence-corrected chi connectivity index (χ2v) is 7.13. The fraction of sp³-hybridized carbons (Fsp3) is 0.160. The second-order valence-electron chi connectivity index (χ2n) is 7.13. The number of ether oxygens (including phenoxy) is 1. The van der Waals surface area contributed by atoms with Crippen LogP contribution in [-0.4, -0.2) is 36.3 Å². The molecule has 6 heteroatoms. The van der Waals surface area contributed by atoms with Crippen LogP contribution in [0.4, 0.5) is 5.69 Å². The Morgan fingerprint density at radius 2 is 1.45 bits per heavy atom. The van der Waals surface area contributed by atoms with Crippen LogP contribution in [0.1, 0.15) is 31.8 Å². The van der Waals surface area contributed by atoms with Crippen molar-refractivity contribution in [2.24, 2.45) is 0 Å². The number of anilines is 1. The van der Waals surface area contributed by atoms with Crippen molar-refractivity contribution in [1.82, 2.24) is 4.90 Å². The quantitative estimate of drug-likeness (QED) is 0.590. The summed E-state index contributed by atoms with van der Waals surface area (Å²) < 4.78 is 5.17. The number of amides is 2. The molecule has 0 aliphatic rings. The highest BCUT2D eigenvalue weighted by molar-refractivity contribution is 6.06. The van der Waals surface area contributed by atoms with E-state index < -0.39 is 18.5 Å². The van der Waals surface area contributed by atoms with E-state index >= 15 is 0 Å². The maximum Gasteiger partial charge on any atom is 0.339 e. The van der Waals surface area contributed by atoms with E-state index in [0.717, 1.165) is 11.1 Å². The Hall–Kier alpha value is -3.93. The van der Waals surface area contributed by atoms with Crippen molar-refractivity contribution in [1.29, 1.82) is 0 Å². The van der Waals surface area contributed by atoms with Crippen molar-refractivity contribution < 1.29 is 19.1 Å². The highest BCUT2D eigenvalue weighted by atomic mass is 16.5. The largest absolute Gasteiger partial charge is 0.452 e. The van der Waals surface area contributed by atoms with Gasteiger partial charge in [-0.25, -0.2) is 4.79 Å². The van der Waals surface area contributed by atoms with Gasteiger partial charge >= 0.3 is 5.97 Å². The smallest absolute Gasteiger partial charge is 0.339 e. The van der Waals surface area contributed by atoms with E-state index in [-0.39, 0.29) is 17.0 Å². The van der Waals surface area contributed by atoms with Crippen LogP contribution in [0.5, 0.6) is 0 Å². The summed E-state index contributed by atoms with van der Waals surface area (Å²) in [5.74, 6) is -1.48. The lowest BCUT2D eigenvalue weighted by molar-refractivity contribution is -0.119. The lowest BCUT2D eigenvalue weighted by Gasteiger charge is -2.19. The van der Waals surface area contributed by atoms with Gasteiger partial charge in [0.05, 0.1) is 11.1 Å². The van der Waals surface area contributed by atoms with Crippen molar-refractivity contribution in [3.8, 4) is 0 Å². The molecule has 0 heterocycles. The Kier molecular flexibility index (Phi) is 7.17. The molecule has 3 aromatic rings. The summed E-state index contributed by atoms with van der Waals surface area (Å²) in [6, 6.07) is 23.3. The molecule has 31 heavy (non-hydrogen) atoms. The van der Waals surface area contributed by atoms with Crippen molar-refractivity contribution >= 4 is 23.5 Å². The van der Waals surface area contributed by atoms with Crippen LogP contribution in [0.2, 0.25) is 0 Å². The number of carbonyl (C=O) groups is 3. The van der Waals surface area contributed by atoms with Crippen LogP contribution in [0.15, 0.2) is 78.9 Å². The van der Waals surface area contributed by atoms with Crippen LogP contribution in [0.3, 0.4) is 0 Å². The van der Waals surface area contributed by atoms with Crippen molar-refractivity contribution in [3.05, 3.63) is 101 Å². The molecule has 0 spiro atoms. The number of nitrogens with zero attached hydrogens (tertiary/aromatic N) is 1. The first kappa shape index (κ1) is 21.8. The van der Waals surface area contributed by atoms with Gasteiger partial charge < -0.3 is 15.0 Å². The summed E-state index contributed by atoms with van der Waals surface area (Å²) in [6.45, 7) is 1.83. The SMILES string of the molecule is Cc1ccccc1NC(=O)COC(=O)c1ccccc1C(=O)N(C)Cc1ccccc1. The van der Waals surface area contributed by atoms with Gasteiger partial charge in [-0.3, -0.25) is 9.59 Å². The van der Waals surface area contributed by atoms with Crippen LogP contribution >= 0.6 is 0 Å². The predicted molar refractivity (Wildman–Crippen MR) is 119 cm³/mol. The zero-order valence-electron chi connectivity index (χ0n) is 17.5. The van der Waals surface area contributed by atoms with Gasteiger partial charge in [-0.1, -0.05) is 60.7 Å². The van der Waals surface area contributed by atoms with Crippen molar-refractivity contribution in [2.45, 2.75) is 13.5 Å². The molecule has 0 radical (unpaired) electrons. The average molecular weight is 416 g/mol. The number of carbonyl (C=O) groups excluding carboxylic acids is 3. The molecule has 0 aromatic heterocycles. The highest BCUT2D eigenvalue weighted by Crippen LogP contribution is 2.16. The topological polar surface area (TPSA) is 75.7 Å². The fourth-order valence-electron chi connectivity index (χ4n) is 3.09. The molecule has 0 aliphatic carbocycles. The van der Waals surface area contributed by atoms with Gasteiger partial charge in [0.1, 0.15) is 0 Å². The molecule has 1 N–H and O–H groups in total. The van der Waals surface area contributed by atoms with E-state index in [1.165, 1.54) is 11.0 Å². The Morgan fingerprint density at radius 3 is 2.16 bits per heavy atom. The molecule has 158 valence electrons. The Labute approximate surface area is 181 Å². The van der Waals surface area contributed by atoms with Gasteiger partial charge in [0, 0.05) is 19.3 Å². The second kappa shape index (κ2) is 10.2. The summed E-state index contributed by atoms with van der Waals surface area (Å²) in [5, 5.41) is 2.71. The summed E-state index contributed by atoms with van der Waals surface area (Å²) in [6.07, 6.45) is 0. The Morgan fingerprint density at radius 1 is 0.839 bits per heavy atom. The van der Waals surface area contributed by atoms with E-state index in [9.17, 15) is 14.4 Å². The zero-order chi connectivity index (χ0) is 22.2. The maximum absolute atomic E-state index is 12.9. The number of benzene rings is 3. The van der Waals surface area contributed by atoms with Crippen LogP contribution < -0.4 is 5.32 Å². The van der Waals surface area contributed by atoms with Crippen LogP contribution in [0, 0.1) is 6.92 Å². The molecular weight excluding hydrogens is 392 g/mol. The lowest BCUT2D eigenvalue weighted by atomic mass is 10.1. The molecule has 0 saturated heterocycles. The van der Waals surface area contributed by atoms with Crippen molar-refractivity contribution in [3.63, 3.8) is 0 Å². The lowest BCUT2D eigenvalue weighted by Crippen LogP contribution is -2.28. The summed E-state index contributed by atoms with van der Waals surface area (Å²) >= 11 is 0. The maximum atomic E-state index is 12.9. The third kappa shape index (κ3) is 5.79. The fourth-order valence-corrected chi connectivity index (χ4v) is 3.09. The van der Waals surface area contributed by atoms with Crippen LogP contribution in [0.25, 0.3) is 0 Å². The molecule has 3 aromatic carbocycles. The van der Waals surface area contributed by atoms with E-state index in [1.54, 1.807) is 31.3 Å². The van der Waals surface area contributed by atoms with Gasteiger partial charge in [0.15, 0.2) is 6.61 Å². The molecule has 0 fully saturated rings. The highest BCUT2D eigenvalue weighted by Gasteiger charge is 2.21.